The van der Waals surface area contributed by atoms with Gasteiger partial charge in [-0.3, -0.25) is 10.1 Å². The zero-order valence-corrected chi connectivity index (χ0v) is 7.95. The summed E-state index contributed by atoms with van der Waals surface area (Å²) in [5, 5.41) is 12.3. The molecule has 2 rings (SSSR count). The van der Waals surface area contributed by atoms with Crippen molar-refractivity contribution in [3.8, 4) is 0 Å². The molecule has 0 aliphatic heterocycles. The van der Waals surface area contributed by atoms with E-state index >= 15 is 0 Å². The first kappa shape index (κ1) is 9.67. The van der Waals surface area contributed by atoms with E-state index in [9.17, 15) is 0 Å². The SMILES string of the molecule is C[N+](=O)[O-].c1ccc2sccc2c1. The van der Waals surface area contributed by atoms with Crippen molar-refractivity contribution in [2.24, 2.45) is 0 Å². The van der Waals surface area contributed by atoms with Crippen molar-refractivity contribution in [1.29, 1.82) is 0 Å². The molecule has 3 nitrogen and oxygen atoms in total. The molecule has 0 amide bonds. The highest BCUT2D eigenvalue weighted by atomic mass is 32.1. The van der Waals surface area contributed by atoms with Gasteiger partial charge in [0.25, 0.3) is 0 Å². The van der Waals surface area contributed by atoms with Gasteiger partial charge in [0.15, 0.2) is 7.05 Å². The van der Waals surface area contributed by atoms with Crippen molar-refractivity contribution in [3.05, 3.63) is 45.8 Å². The van der Waals surface area contributed by atoms with E-state index in [1.807, 2.05) is 0 Å². The van der Waals surface area contributed by atoms with Crippen LogP contribution >= 0.6 is 11.3 Å². The Balaban J connectivity index is 0.000000184. The highest BCUT2D eigenvalue weighted by Gasteiger charge is 1.87. The lowest BCUT2D eigenvalue weighted by molar-refractivity contribution is -0.445. The Hall–Kier alpha value is -1.42. The molecule has 0 spiro atoms. The maximum absolute atomic E-state index is 8.81. The van der Waals surface area contributed by atoms with Crippen molar-refractivity contribution in [3.63, 3.8) is 0 Å². The Bertz CT molecular complexity index is 363. The molecule has 0 saturated heterocycles. The summed E-state index contributed by atoms with van der Waals surface area (Å²) < 4.78 is 1.37. The second-order valence-electron chi connectivity index (χ2n) is 2.40. The number of nitrogens with zero attached hydrogens (tertiary/aromatic N) is 1. The lowest BCUT2D eigenvalue weighted by Gasteiger charge is -1.82. The molecule has 0 N–H and O–H groups in total. The fraction of sp³-hybridized carbons (Fsp3) is 0.111. The molecule has 2 aromatic rings. The molecular formula is C9H9NO2S. The molecule has 0 bridgehead atoms. The lowest BCUT2D eigenvalue weighted by Crippen LogP contribution is -1.79. The normalized spacial score (nSPS) is 9.00. The minimum atomic E-state index is -0.500. The van der Waals surface area contributed by atoms with Gasteiger partial charge in [0, 0.05) is 9.62 Å². The molecule has 13 heavy (non-hydrogen) atoms. The van der Waals surface area contributed by atoms with Crippen LogP contribution in [0.4, 0.5) is 0 Å². The third-order valence-electron chi connectivity index (χ3n) is 1.36. The van der Waals surface area contributed by atoms with Gasteiger partial charge in [-0.05, 0) is 22.9 Å². The van der Waals surface area contributed by atoms with Crippen LogP contribution in [-0.4, -0.2) is 12.0 Å². The van der Waals surface area contributed by atoms with Gasteiger partial charge in [-0.2, -0.15) is 0 Å². The molecule has 4 heteroatoms. The Morgan fingerprint density at radius 1 is 1.31 bits per heavy atom. The minimum absolute atomic E-state index is 0.500. The summed E-state index contributed by atoms with van der Waals surface area (Å²) in [4.78, 5) is 8.31. The van der Waals surface area contributed by atoms with Gasteiger partial charge in [0.1, 0.15) is 0 Å². The zero-order valence-electron chi connectivity index (χ0n) is 7.14. The molecule has 0 atom stereocenters. The van der Waals surface area contributed by atoms with E-state index in [2.05, 4.69) is 35.7 Å². The summed E-state index contributed by atoms with van der Waals surface area (Å²) in [6.45, 7) is 0. The highest BCUT2D eigenvalue weighted by molar-refractivity contribution is 7.17. The van der Waals surface area contributed by atoms with Gasteiger partial charge in [0.05, 0.1) is 0 Å². The van der Waals surface area contributed by atoms with Gasteiger partial charge >= 0.3 is 0 Å². The number of hydrogen-bond acceptors (Lipinski definition) is 3. The largest absolute Gasteiger partial charge is 0.265 e. The van der Waals surface area contributed by atoms with E-state index in [1.54, 1.807) is 11.3 Å². The van der Waals surface area contributed by atoms with Crippen molar-refractivity contribution >= 4 is 21.4 Å². The number of fused-ring (bicyclic) bond motifs is 1. The monoisotopic (exact) mass is 195 g/mol. The molecule has 0 unspecified atom stereocenters. The van der Waals surface area contributed by atoms with E-state index in [4.69, 9.17) is 10.1 Å². The van der Waals surface area contributed by atoms with Crippen LogP contribution in [0.1, 0.15) is 0 Å². The molecule has 1 aromatic heterocycles. The summed E-state index contributed by atoms with van der Waals surface area (Å²) in [6.07, 6.45) is 0. The van der Waals surface area contributed by atoms with Crippen LogP contribution in [-0.2, 0) is 0 Å². The molecule has 0 aliphatic carbocycles. The topological polar surface area (TPSA) is 43.1 Å². The van der Waals surface area contributed by atoms with Crippen LogP contribution < -0.4 is 0 Å². The van der Waals surface area contributed by atoms with Crippen molar-refractivity contribution in [2.75, 3.05) is 7.05 Å². The third kappa shape index (κ3) is 3.21. The number of hydrogen-bond donors (Lipinski definition) is 0. The number of thiophene rings is 1. The first-order valence-corrected chi connectivity index (χ1v) is 4.58. The standard InChI is InChI=1S/C8H6S.CH3NO2/c1-2-4-8-7(3-1)5-6-9-8;1-2(3)4/h1-6H;1H3. The van der Waals surface area contributed by atoms with Gasteiger partial charge in [-0.25, -0.2) is 0 Å². The van der Waals surface area contributed by atoms with Crippen molar-refractivity contribution in [1.82, 2.24) is 0 Å². The predicted molar refractivity (Wildman–Crippen MR) is 54.7 cm³/mol. The Morgan fingerprint density at radius 2 is 1.92 bits per heavy atom. The quantitative estimate of drug-likeness (QED) is 0.479. The molecule has 68 valence electrons. The van der Waals surface area contributed by atoms with Crippen LogP contribution in [0.2, 0.25) is 0 Å². The van der Waals surface area contributed by atoms with Crippen LogP contribution in [0, 0.1) is 10.1 Å². The fourth-order valence-electron chi connectivity index (χ4n) is 0.906. The molecule has 1 heterocycles. The van der Waals surface area contributed by atoms with Gasteiger partial charge < -0.3 is 0 Å². The minimum Gasteiger partial charge on any atom is -0.265 e. The summed E-state index contributed by atoms with van der Waals surface area (Å²) >= 11 is 1.79. The predicted octanol–water partition coefficient (Wildman–Crippen LogP) is 2.79. The number of rotatable bonds is 0. The average molecular weight is 195 g/mol. The molecular weight excluding hydrogens is 186 g/mol. The Labute approximate surface area is 79.8 Å². The summed E-state index contributed by atoms with van der Waals surface area (Å²) in [6, 6.07) is 10.5. The van der Waals surface area contributed by atoms with Crippen molar-refractivity contribution < 1.29 is 4.92 Å². The first-order chi connectivity index (χ1) is 6.20. The lowest BCUT2D eigenvalue weighted by atomic mass is 10.3. The van der Waals surface area contributed by atoms with Gasteiger partial charge in [0.2, 0.25) is 0 Å². The maximum atomic E-state index is 8.81. The van der Waals surface area contributed by atoms with Crippen LogP contribution in [0.25, 0.3) is 10.1 Å². The second-order valence-corrected chi connectivity index (χ2v) is 3.35. The smallest absolute Gasteiger partial charge is 0.194 e. The van der Waals surface area contributed by atoms with Gasteiger partial charge in [-0.15, -0.1) is 11.3 Å². The number of nitro groups is 1. The summed E-state index contributed by atoms with van der Waals surface area (Å²) in [5.74, 6) is 0. The van der Waals surface area contributed by atoms with E-state index in [0.717, 1.165) is 7.05 Å². The highest BCUT2D eigenvalue weighted by Crippen LogP contribution is 2.18. The maximum Gasteiger partial charge on any atom is 0.194 e. The third-order valence-corrected chi connectivity index (χ3v) is 2.26. The van der Waals surface area contributed by atoms with E-state index < -0.39 is 4.92 Å². The molecule has 0 radical (unpaired) electrons. The zero-order chi connectivity index (χ0) is 9.68. The van der Waals surface area contributed by atoms with E-state index in [-0.39, 0.29) is 0 Å². The molecule has 0 aliphatic rings. The first-order valence-electron chi connectivity index (χ1n) is 3.70. The second kappa shape index (κ2) is 4.57. The van der Waals surface area contributed by atoms with Crippen molar-refractivity contribution in [2.45, 2.75) is 0 Å². The Morgan fingerprint density at radius 3 is 2.54 bits per heavy atom. The van der Waals surface area contributed by atoms with Crippen LogP contribution in [0.15, 0.2) is 35.7 Å². The fourth-order valence-corrected chi connectivity index (χ4v) is 1.70. The van der Waals surface area contributed by atoms with Crippen LogP contribution in [0.5, 0.6) is 0 Å². The van der Waals surface area contributed by atoms with Crippen LogP contribution in [0.3, 0.4) is 0 Å². The van der Waals surface area contributed by atoms with E-state index in [1.165, 1.54) is 10.1 Å². The molecule has 1 aromatic carbocycles. The molecule has 0 fully saturated rings. The van der Waals surface area contributed by atoms with E-state index in [0.29, 0.717) is 0 Å². The summed E-state index contributed by atoms with van der Waals surface area (Å²) in [7, 11) is 0.889. The van der Waals surface area contributed by atoms with Gasteiger partial charge in [-0.1, -0.05) is 18.2 Å². The number of benzene rings is 1. The molecule has 0 saturated carbocycles. The Kier molecular flexibility index (Phi) is 3.40. The average Bonchev–Trinajstić information content (AvgIpc) is 2.49. The summed E-state index contributed by atoms with van der Waals surface area (Å²) in [5.41, 5.74) is 0.